The topological polar surface area (TPSA) is 74.6 Å². The van der Waals surface area contributed by atoms with Crippen LogP contribution in [0.3, 0.4) is 0 Å². The second-order valence-corrected chi connectivity index (χ2v) is 5.17. The number of nitrogens with zero attached hydrogens (tertiary/aromatic N) is 1. The van der Waals surface area contributed by atoms with E-state index in [0.717, 1.165) is 6.07 Å². The molecule has 2 N–H and O–H groups in total. The monoisotopic (exact) mass is 319 g/mol. The van der Waals surface area contributed by atoms with Crippen LogP contribution in [0.1, 0.15) is 11.8 Å². The molecule has 0 aliphatic rings. The van der Waals surface area contributed by atoms with Gasteiger partial charge in [-0.05, 0) is 44.4 Å². The molecule has 1 aromatic carbocycles. The molecule has 7 heteroatoms. The van der Waals surface area contributed by atoms with Gasteiger partial charge in [0.15, 0.2) is 0 Å². The third-order valence-corrected chi connectivity index (χ3v) is 3.24. The molecule has 2 aromatic rings. The lowest BCUT2D eigenvalue weighted by molar-refractivity contribution is -0.136. The number of nitrogens with one attached hydrogen (secondary N) is 2. The van der Waals surface area contributed by atoms with E-state index < -0.39 is 17.6 Å². The molecule has 2 amide bonds. The first kappa shape index (κ1) is 16.7. The molecule has 23 heavy (non-hydrogen) atoms. The summed E-state index contributed by atoms with van der Waals surface area (Å²) in [5, 5.41) is 4.88. The maximum atomic E-state index is 13.1. The lowest BCUT2D eigenvalue weighted by Crippen LogP contribution is -2.40. The average Bonchev–Trinajstić information content (AvgIpc) is 3.01. The van der Waals surface area contributed by atoms with Crippen LogP contribution in [-0.2, 0) is 9.59 Å². The molecular weight excluding hydrogens is 301 g/mol. The summed E-state index contributed by atoms with van der Waals surface area (Å²) >= 11 is 0. The summed E-state index contributed by atoms with van der Waals surface area (Å²) in [6, 6.07) is 8.68. The van der Waals surface area contributed by atoms with Gasteiger partial charge in [0.2, 0.25) is 0 Å². The molecule has 1 atom stereocenters. The van der Waals surface area contributed by atoms with Crippen molar-refractivity contribution < 1.29 is 18.4 Å². The van der Waals surface area contributed by atoms with Gasteiger partial charge >= 0.3 is 11.8 Å². The van der Waals surface area contributed by atoms with Crippen molar-refractivity contribution >= 4 is 17.5 Å². The zero-order valence-corrected chi connectivity index (χ0v) is 12.9. The molecule has 0 saturated carbocycles. The zero-order chi connectivity index (χ0) is 16.8. The molecule has 122 valence electrons. The normalized spacial score (nSPS) is 12.0. The van der Waals surface area contributed by atoms with Crippen LogP contribution in [0.25, 0.3) is 0 Å². The number of benzene rings is 1. The molecule has 0 radical (unpaired) electrons. The van der Waals surface area contributed by atoms with E-state index in [-0.39, 0.29) is 18.3 Å². The molecule has 0 aliphatic heterocycles. The van der Waals surface area contributed by atoms with Gasteiger partial charge in [-0.15, -0.1) is 0 Å². The Bertz CT molecular complexity index is 671. The fourth-order valence-corrected chi connectivity index (χ4v) is 2.04. The van der Waals surface area contributed by atoms with Crippen LogP contribution in [0.2, 0.25) is 0 Å². The molecule has 1 aromatic heterocycles. The van der Waals surface area contributed by atoms with E-state index in [9.17, 15) is 14.0 Å². The molecule has 0 fully saturated rings. The van der Waals surface area contributed by atoms with Crippen LogP contribution in [0, 0.1) is 5.82 Å². The van der Waals surface area contributed by atoms with Gasteiger partial charge in [-0.1, -0.05) is 6.07 Å². The van der Waals surface area contributed by atoms with Crippen LogP contribution >= 0.6 is 0 Å². The molecule has 2 rings (SSSR count). The fourth-order valence-electron chi connectivity index (χ4n) is 2.04. The van der Waals surface area contributed by atoms with E-state index in [0.29, 0.717) is 5.76 Å². The lowest BCUT2D eigenvalue weighted by atomic mass is 10.2. The van der Waals surface area contributed by atoms with Crippen molar-refractivity contribution in [2.24, 2.45) is 0 Å². The number of hydrogen-bond donors (Lipinski definition) is 2. The molecular formula is C16H18FN3O3. The summed E-state index contributed by atoms with van der Waals surface area (Å²) in [4.78, 5) is 25.5. The Morgan fingerprint density at radius 3 is 2.61 bits per heavy atom. The first-order chi connectivity index (χ1) is 11.0. The number of carbonyl (C=O) groups excluding carboxylic acids is 2. The van der Waals surface area contributed by atoms with Gasteiger partial charge in [0.05, 0.1) is 12.3 Å². The van der Waals surface area contributed by atoms with Gasteiger partial charge in [0.25, 0.3) is 0 Å². The second-order valence-electron chi connectivity index (χ2n) is 5.17. The quantitative estimate of drug-likeness (QED) is 0.824. The predicted molar refractivity (Wildman–Crippen MR) is 83.2 cm³/mol. The summed E-state index contributed by atoms with van der Waals surface area (Å²) in [7, 11) is 3.68. The number of hydrogen-bond acceptors (Lipinski definition) is 4. The molecule has 0 saturated heterocycles. The lowest BCUT2D eigenvalue weighted by Gasteiger charge is -2.22. The number of anilines is 1. The van der Waals surface area contributed by atoms with Crippen molar-refractivity contribution in [3.8, 4) is 0 Å². The van der Waals surface area contributed by atoms with Gasteiger partial charge in [-0.25, -0.2) is 4.39 Å². The molecule has 0 spiro atoms. The van der Waals surface area contributed by atoms with Crippen LogP contribution in [-0.4, -0.2) is 37.4 Å². The Labute approximate surface area is 133 Å². The molecule has 0 aliphatic carbocycles. The van der Waals surface area contributed by atoms with Crippen molar-refractivity contribution in [2.75, 3.05) is 26.0 Å². The number of halogens is 1. The minimum atomic E-state index is -0.854. The van der Waals surface area contributed by atoms with Gasteiger partial charge in [0, 0.05) is 12.2 Å². The van der Waals surface area contributed by atoms with E-state index in [4.69, 9.17) is 4.42 Å². The maximum Gasteiger partial charge on any atom is 0.313 e. The van der Waals surface area contributed by atoms with Gasteiger partial charge in [0.1, 0.15) is 11.6 Å². The van der Waals surface area contributed by atoms with E-state index >= 15 is 0 Å². The van der Waals surface area contributed by atoms with Crippen LogP contribution in [0.4, 0.5) is 10.1 Å². The van der Waals surface area contributed by atoms with Crippen molar-refractivity contribution in [3.05, 3.63) is 54.2 Å². The van der Waals surface area contributed by atoms with Crippen molar-refractivity contribution in [2.45, 2.75) is 6.04 Å². The number of rotatable bonds is 5. The van der Waals surface area contributed by atoms with Crippen LogP contribution in [0.15, 0.2) is 47.1 Å². The Balaban J connectivity index is 1.91. The van der Waals surface area contributed by atoms with E-state index in [1.807, 2.05) is 19.0 Å². The maximum absolute atomic E-state index is 13.1. The number of carbonyl (C=O) groups is 2. The summed E-state index contributed by atoms with van der Waals surface area (Å²) in [6.45, 7) is 0.204. The van der Waals surface area contributed by atoms with Crippen LogP contribution < -0.4 is 10.6 Å². The highest BCUT2D eigenvalue weighted by Crippen LogP contribution is 2.17. The fraction of sp³-hybridized carbons (Fsp3) is 0.250. The zero-order valence-electron chi connectivity index (χ0n) is 12.9. The Kier molecular flexibility index (Phi) is 5.48. The predicted octanol–water partition coefficient (Wildman–Crippen LogP) is 1.78. The van der Waals surface area contributed by atoms with E-state index in [1.54, 1.807) is 18.4 Å². The summed E-state index contributed by atoms with van der Waals surface area (Å²) < 4.78 is 18.4. The number of amides is 2. The highest BCUT2D eigenvalue weighted by molar-refractivity contribution is 6.39. The summed E-state index contributed by atoms with van der Waals surface area (Å²) in [5.74, 6) is -1.46. The third-order valence-electron chi connectivity index (χ3n) is 3.24. The van der Waals surface area contributed by atoms with Gasteiger partial charge in [-0.3, -0.25) is 14.5 Å². The van der Waals surface area contributed by atoms with Gasteiger partial charge in [-0.2, -0.15) is 0 Å². The van der Waals surface area contributed by atoms with Crippen molar-refractivity contribution in [1.29, 1.82) is 0 Å². The summed E-state index contributed by atoms with van der Waals surface area (Å²) in [6.07, 6.45) is 1.55. The largest absolute Gasteiger partial charge is 0.468 e. The Morgan fingerprint density at radius 2 is 2.00 bits per heavy atom. The molecule has 6 nitrogen and oxygen atoms in total. The Hall–Kier alpha value is -2.67. The first-order valence-electron chi connectivity index (χ1n) is 7.02. The molecule has 1 heterocycles. The molecule has 1 unspecified atom stereocenters. The second kappa shape index (κ2) is 7.55. The van der Waals surface area contributed by atoms with Crippen molar-refractivity contribution in [3.63, 3.8) is 0 Å². The van der Waals surface area contributed by atoms with Gasteiger partial charge < -0.3 is 15.1 Å². The molecule has 0 bridgehead atoms. The van der Waals surface area contributed by atoms with E-state index in [1.165, 1.54) is 18.2 Å². The first-order valence-corrected chi connectivity index (χ1v) is 7.02. The average molecular weight is 319 g/mol. The van der Waals surface area contributed by atoms with Crippen molar-refractivity contribution in [1.82, 2.24) is 10.2 Å². The third kappa shape index (κ3) is 4.65. The SMILES string of the molecule is CN(C)C(CNC(=O)C(=O)Nc1cccc(F)c1)c1ccco1. The summed E-state index contributed by atoms with van der Waals surface area (Å²) in [5.41, 5.74) is 0.223. The standard InChI is InChI=1S/C16H18FN3O3/c1-20(2)13(14-7-4-8-23-14)10-18-15(21)16(22)19-12-6-3-5-11(17)9-12/h3-9,13H,10H2,1-2H3,(H,18,21)(H,19,22). The number of likely N-dealkylation sites (N-methyl/N-ethyl adjacent to an activating group) is 1. The smallest absolute Gasteiger partial charge is 0.313 e. The number of furan rings is 1. The van der Waals surface area contributed by atoms with E-state index in [2.05, 4.69) is 10.6 Å². The minimum Gasteiger partial charge on any atom is -0.468 e. The Morgan fingerprint density at radius 1 is 1.22 bits per heavy atom. The minimum absolute atomic E-state index is 0.198. The highest BCUT2D eigenvalue weighted by Gasteiger charge is 2.20. The highest BCUT2D eigenvalue weighted by atomic mass is 19.1. The van der Waals surface area contributed by atoms with Crippen LogP contribution in [0.5, 0.6) is 0 Å².